The van der Waals surface area contributed by atoms with E-state index in [9.17, 15) is 4.79 Å². The van der Waals surface area contributed by atoms with Gasteiger partial charge in [0.1, 0.15) is 11.4 Å². The molecule has 1 atom stereocenters. The summed E-state index contributed by atoms with van der Waals surface area (Å²) in [5.41, 5.74) is 1.02. The Balaban J connectivity index is 2.76. The van der Waals surface area contributed by atoms with Gasteiger partial charge in [-0.2, -0.15) is 0 Å². The maximum Gasteiger partial charge on any atom is 0.256 e. The molecule has 0 aliphatic carbocycles. The van der Waals surface area contributed by atoms with Crippen LogP contribution in [0.2, 0.25) is 0 Å². The average molecular weight is 335 g/mol. The molecule has 1 aromatic carbocycles. The Labute approximate surface area is 146 Å². The zero-order chi connectivity index (χ0) is 18.0. The van der Waals surface area contributed by atoms with Crippen molar-refractivity contribution in [2.75, 3.05) is 18.5 Å². The molecule has 1 rings (SSSR count). The maximum absolute atomic E-state index is 12.7. The number of amides is 1. The summed E-state index contributed by atoms with van der Waals surface area (Å²) in [6.45, 7) is 11.3. The number of benzene rings is 1. The highest BCUT2D eigenvalue weighted by atomic mass is 16.5. The third kappa shape index (κ3) is 6.16. The molecule has 0 saturated carbocycles. The lowest BCUT2D eigenvalue weighted by atomic mass is 9.97. The summed E-state index contributed by atoms with van der Waals surface area (Å²) in [7, 11) is 0. The van der Waals surface area contributed by atoms with Crippen LogP contribution in [0.15, 0.2) is 18.2 Å². The minimum absolute atomic E-state index is 0.0862. The van der Waals surface area contributed by atoms with E-state index >= 15 is 0 Å². The van der Waals surface area contributed by atoms with Crippen molar-refractivity contribution in [1.29, 1.82) is 0 Å². The highest BCUT2D eigenvalue weighted by Crippen LogP contribution is 2.25. The number of carbonyl (C=O) groups excluding carboxylic acids is 1. The number of unbranched alkanes of at least 4 members (excludes halogenated alkanes) is 2. The first-order chi connectivity index (χ1) is 11.5. The molecular formula is C20H33NO3. The Morgan fingerprint density at radius 3 is 2.46 bits per heavy atom. The van der Waals surface area contributed by atoms with Gasteiger partial charge in [-0.05, 0) is 57.4 Å². The van der Waals surface area contributed by atoms with Gasteiger partial charge in [0.15, 0.2) is 0 Å². The number of ether oxygens (including phenoxy) is 2. The van der Waals surface area contributed by atoms with E-state index in [1.54, 1.807) is 0 Å². The van der Waals surface area contributed by atoms with Crippen molar-refractivity contribution >= 4 is 11.6 Å². The van der Waals surface area contributed by atoms with Crippen molar-refractivity contribution < 1.29 is 14.3 Å². The molecular weight excluding hydrogens is 302 g/mol. The minimum atomic E-state index is -0.783. The van der Waals surface area contributed by atoms with Crippen LogP contribution in [0.5, 0.6) is 5.75 Å². The second-order valence-electron chi connectivity index (χ2n) is 6.40. The molecule has 1 amide bonds. The normalized spacial score (nSPS) is 13.4. The van der Waals surface area contributed by atoms with E-state index in [-0.39, 0.29) is 5.91 Å². The van der Waals surface area contributed by atoms with Crippen LogP contribution < -0.4 is 10.1 Å². The first-order valence-corrected chi connectivity index (χ1v) is 9.15. The number of nitrogens with one attached hydrogen (secondary N) is 1. The fourth-order valence-corrected chi connectivity index (χ4v) is 2.56. The van der Waals surface area contributed by atoms with Gasteiger partial charge in [0.05, 0.1) is 6.61 Å². The predicted octanol–water partition coefficient (Wildman–Crippen LogP) is 5.10. The third-order valence-electron chi connectivity index (χ3n) is 4.14. The van der Waals surface area contributed by atoms with Gasteiger partial charge in [-0.15, -0.1) is 0 Å². The molecule has 0 spiro atoms. The largest absolute Gasteiger partial charge is 0.493 e. The predicted molar refractivity (Wildman–Crippen MR) is 99.8 cm³/mol. The zero-order valence-corrected chi connectivity index (χ0v) is 15.9. The lowest BCUT2D eigenvalue weighted by Crippen LogP contribution is -2.42. The molecule has 0 aliphatic rings. The average Bonchev–Trinajstić information content (AvgIpc) is 2.55. The second-order valence-corrected chi connectivity index (χ2v) is 6.40. The van der Waals surface area contributed by atoms with Crippen LogP contribution in [0.25, 0.3) is 0 Å². The van der Waals surface area contributed by atoms with Crippen LogP contribution in [-0.4, -0.2) is 24.7 Å². The molecule has 0 heterocycles. The number of carbonyl (C=O) groups is 1. The summed E-state index contributed by atoms with van der Waals surface area (Å²) >= 11 is 0. The van der Waals surface area contributed by atoms with E-state index in [0.29, 0.717) is 6.61 Å². The van der Waals surface area contributed by atoms with E-state index < -0.39 is 5.60 Å². The quantitative estimate of drug-likeness (QED) is 0.572. The summed E-state index contributed by atoms with van der Waals surface area (Å²) in [5, 5.41) is 2.99. The SMILES string of the molecule is CCCCOc1ccc(NC(=O)C(C)(CCCC)OCC)cc1C. The van der Waals surface area contributed by atoms with Gasteiger partial charge < -0.3 is 14.8 Å². The molecule has 1 N–H and O–H groups in total. The highest BCUT2D eigenvalue weighted by molar-refractivity contribution is 5.97. The topological polar surface area (TPSA) is 47.6 Å². The number of rotatable bonds is 11. The minimum Gasteiger partial charge on any atom is -0.493 e. The van der Waals surface area contributed by atoms with Crippen LogP contribution >= 0.6 is 0 Å². The van der Waals surface area contributed by atoms with Gasteiger partial charge in [0.2, 0.25) is 0 Å². The van der Waals surface area contributed by atoms with E-state index in [1.807, 2.05) is 39.0 Å². The van der Waals surface area contributed by atoms with Gasteiger partial charge in [0, 0.05) is 12.3 Å². The van der Waals surface area contributed by atoms with E-state index in [4.69, 9.17) is 9.47 Å². The molecule has 0 aromatic heterocycles. The number of hydrogen-bond acceptors (Lipinski definition) is 3. The van der Waals surface area contributed by atoms with E-state index in [0.717, 1.165) is 55.7 Å². The van der Waals surface area contributed by atoms with Gasteiger partial charge in [0.25, 0.3) is 5.91 Å². The lowest BCUT2D eigenvalue weighted by Gasteiger charge is -2.28. The molecule has 24 heavy (non-hydrogen) atoms. The van der Waals surface area contributed by atoms with Crippen LogP contribution in [0, 0.1) is 6.92 Å². The van der Waals surface area contributed by atoms with E-state index in [1.165, 1.54) is 0 Å². The Morgan fingerprint density at radius 1 is 1.17 bits per heavy atom. The molecule has 1 aromatic rings. The number of hydrogen-bond donors (Lipinski definition) is 1. The molecule has 136 valence electrons. The Hall–Kier alpha value is -1.55. The standard InChI is InChI=1S/C20H33NO3/c1-6-9-13-20(5,24-8-3)19(22)21-17-11-12-18(16(4)15-17)23-14-10-7-2/h11-12,15H,6-10,13-14H2,1-5H3,(H,21,22). The maximum atomic E-state index is 12.7. The smallest absolute Gasteiger partial charge is 0.256 e. The molecule has 4 heteroatoms. The monoisotopic (exact) mass is 335 g/mol. The first-order valence-electron chi connectivity index (χ1n) is 9.15. The van der Waals surface area contributed by atoms with E-state index in [2.05, 4.69) is 19.2 Å². The van der Waals surface area contributed by atoms with Gasteiger partial charge in [-0.25, -0.2) is 0 Å². The summed E-state index contributed by atoms with van der Waals surface area (Å²) in [6, 6.07) is 5.76. The fraction of sp³-hybridized carbons (Fsp3) is 0.650. The van der Waals surface area contributed by atoms with Crippen LogP contribution in [0.3, 0.4) is 0 Å². The molecule has 0 radical (unpaired) electrons. The van der Waals surface area contributed by atoms with Crippen molar-refractivity contribution in [3.8, 4) is 5.75 Å². The van der Waals surface area contributed by atoms with Crippen molar-refractivity contribution in [1.82, 2.24) is 0 Å². The Bertz CT molecular complexity index is 516. The lowest BCUT2D eigenvalue weighted by molar-refractivity contribution is -0.139. The van der Waals surface area contributed by atoms with Crippen molar-refractivity contribution in [2.45, 2.75) is 72.3 Å². The molecule has 1 unspecified atom stereocenters. The highest BCUT2D eigenvalue weighted by Gasteiger charge is 2.33. The van der Waals surface area contributed by atoms with Crippen LogP contribution in [0.1, 0.15) is 65.4 Å². The summed E-state index contributed by atoms with van der Waals surface area (Å²) in [5.74, 6) is 0.789. The second kappa shape index (κ2) is 10.3. The van der Waals surface area contributed by atoms with Crippen LogP contribution in [-0.2, 0) is 9.53 Å². The summed E-state index contributed by atoms with van der Waals surface area (Å²) < 4.78 is 11.5. The molecule has 0 saturated heterocycles. The van der Waals surface area contributed by atoms with Gasteiger partial charge >= 0.3 is 0 Å². The van der Waals surface area contributed by atoms with Crippen LogP contribution in [0.4, 0.5) is 5.69 Å². The Morgan fingerprint density at radius 2 is 1.88 bits per heavy atom. The first kappa shape index (κ1) is 20.5. The molecule has 0 fully saturated rings. The van der Waals surface area contributed by atoms with Crippen molar-refractivity contribution in [3.05, 3.63) is 23.8 Å². The Kier molecular flexibility index (Phi) is 8.83. The molecule has 0 bridgehead atoms. The fourth-order valence-electron chi connectivity index (χ4n) is 2.56. The van der Waals surface area contributed by atoms with Crippen molar-refractivity contribution in [2.24, 2.45) is 0 Å². The number of aryl methyl sites for hydroxylation is 1. The van der Waals surface area contributed by atoms with Gasteiger partial charge in [-0.3, -0.25) is 4.79 Å². The van der Waals surface area contributed by atoms with Crippen molar-refractivity contribution in [3.63, 3.8) is 0 Å². The summed E-state index contributed by atoms with van der Waals surface area (Å²) in [6.07, 6.45) is 4.88. The number of anilines is 1. The molecule has 0 aliphatic heterocycles. The molecule has 4 nitrogen and oxygen atoms in total. The van der Waals surface area contributed by atoms with Gasteiger partial charge in [-0.1, -0.05) is 33.1 Å². The summed E-state index contributed by atoms with van der Waals surface area (Å²) in [4.78, 5) is 12.7. The zero-order valence-electron chi connectivity index (χ0n) is 15.9. The third-order valence-corrected chi connectivity index (χ3v) is 4.14.